The molecule has 20 heavy (non-hydrogen) atoms. The van der Waals surface area contributed by atoms with Gasteiger partial charge in [-0.05, 0) is 43.9 Å². The Morgan fingerprint density at radius 2 is 1.95 bits per heavy atom. The lowest BCUT2D eigenvalue weighted by Gasteiger charge is -2.20. The Bertz CT molecular complexity index is 542. The van der Waals surface area contributed by atoms with Crippen LogP contribution in [0.4, 0.5) is 0 Å². The fourth-order valence-corrected chi connectivity index (χ4v) is 3.22. The summed E-state index contributed by atoms with van der Waals surface area (Å²) in [6.07, 6.45) is 3.57. The maximum atomic E-state index is 11.2. The van der Waals surface area contributed by atoms with E-state index in [1.54, 1.807) is 31.4 Å². The first kappa shape index (κ1) is 15.4. The zero-order valence-corrected chi connectivity index (χ0v) is 12.7. The molecule has 5 nitrogen and oxygen atoms in total. The van der Waals surface area contributed by atoms with E-state index < -0.39 is 10.0 Å². The van der Waals surface area contributed by atoms with E-state index in [1.165, 1.54) is 0 Å². The van der Waals surface area contributed by atoms with E-state index in [1.807, 2.05) is 0 Å². The van der Waals surface area contributed by atoms with Crippen molar-refractivity contribution in [3.8, 4) is 0 Å². The molecule has 1 aromatic carbocycles. The zero-order valence-electron chi connectivity index (χ0n) is 11.9. The molecule has 112 valence electrons. The van der Waals surface area contributed by atoms with E-state index in [0.717, 1.165) is 24.8 Å². The van der Waals surface area contributed by atoms with Crippen molar-refractivity contribution in [3.63, 3.8) is 0 Å². The highest BCUT2D eigenvalue weighted by atomic mass is 32.2. The normalized spacial score (nSPS) is 24.8. The van der Waals surface area contributed by atoms with Crippen LogP contribution in [0.5, 0.6) is 0 Å². The van der Waals surface area contributed by atoms with E-state index in [4.69, 9.17) is 9.88 Å². The minimum atomic E-state index is -3.62. The lowest BCUT2D eigenvalue weighted by molar-refractivity contribution is 0.106. The van der Waals surface area contributed by atoms with Gasteiger partial charge in [0.25, 0.3) is 0 Å². The largest absolute Gasteiger partial charge is 0.381 e. The van der Waals surface area contributed by atoms with E-state index >= 15 is 0 Å². The number of hydrogen-bond donors (Lipinski definition) is 2. The van der Waals surface area contributed by atoms with Crippen LogP contribution in [0.1, 0.15) is 37.8 Å². The third-order valence-corrected chi connectivity index (χ3v) is 4.84. The molecule has 0 aliphatic heterocycles. The molecule has 0 amide bonds. The lowest BCUT2D eigenvalue weighted by atomic mass is 10.1. The SMILES string of the molecule is COC1CCC(NC(C)c2ccc(S(N)(=O)=O)cc2)C1. The molecule has 0 heterocycles. The van der Waals surface area contributed by atoms with Gasteiger partial charge in [0.2, 0.25) is 10.0 Å². The number of methoxy groups -OCH3 is 1. The van der Waals surface area contributed by atoms with Crippen LogP contribution in [0.2, 0.25) is 0 Å². The molecule has 0 aromatic heterocycles. The van der Waals surface area contributed by atoms with E-state index in [2.05, 4.69) is 12.2 Å². The molecule has 1 saturated carbocycles. The lowest BCUT2D eigenvalue weighted by Crippen LogP contribution is -2.30. The molecule has 0 spiro atoms. The molecule has 2 rings (SSSR count). The van der Waals surface area contributed by atoms with E-state index in [9.17, 15) is 8.42 Å². The molecule has 1 aliphatic rings. The second-order valence-corrected chi connectivity index (χ2v) is 6.93. The van der Waals surface area contributed by atoms with Crippen molar-refractivity contribution in [1.29, 1.82) is 0 Å². The summed E-state index contributed by atoms with van der Waals surface area (Å²) in [5, 5.41) is 8.65. The zero-order chi connectivity index (χ0) is 14.8. The Kier molecular flexibility index (Phi) is 4.80. The van der Waals surface area contributed by atoms with Crippen molar-refractivity contribution in [1.82, 2.24) is 5.32 Å². The quantitative estimate of drug-likeness (QED) is 0.864. The van der Waals surface area contributed by atoms with Gasteiger partial charge in [-0.15, -0.1) is 0 Å². The summed E-state index contributed by atoms with van der Waals surface area (Å²) in [6.45, 7) is 2.08. The smallest absolute Gasteiger partial charge is 0.238 e. The van der Waals surface area contributed by atoms with Gasteiger partial charge in [0.1, 0.15) is 0 Å². The summed E-state index contributed by atoms with van der Waals surface area (Å²) in [7, 11) is -1.86. The van der Waals surface area contributed by atoms with Crippen LogP contribution in [0.15, 0.2) is 29.2 Å². The third kappa shape index (κ3) is 3.79. The van der Waals surface area contributed by atoms with Gasteiger partial charge in [0, 0.05) is 19.2 Å². The highest BCUT2D eigenvalue weighted by molar-refractivity contribution is 7.89. The van der Waals surface area contributed by atoms with Gasteiger partial charge in [0.05, 0.1) is 11.0 Å². The summed E-state index contributed by atoms with van der Waals surface area (Å²) < 4.78 is 27.8. The van der Waals surface area contributed by atoms with Crippen LogP contribution in [0.3, 0.4) is 0 Å². The van der Waals surface area contributed by atoms with Gasteiger partial charge < -0.3 is 10.1 Å². The first-order valence-corrected chi connectivity index (χ1v) is 8.36. The fraction of sp³-hybridized carbons (Fsp3) is 0.571. The summed E-state index contributed by atoms with van der Waals surface area (Å²) in [5.41, 5.74) is 1.05. The Hall–Kier alpha value is -0.950. The van der Waals surface area contributed by atoms with Crippen molar-refractivity contribution in [2.75, 3.05) is 7.11 Å². The van der Waals surface area contributed by atoms with Gasteiger partial charge in [-0.1, -0.05) is 12.1 Å². The van der Waals surface area contributed by atoms with Crippen molar-refractivity contribution in [2.24, 2.45) is 5.14 Å². The van der Waals surface area contributed by atoms with Crippen molar-refractivity contribution in [2.45, 2.75) is 49.3 Å². The molecule has 1 aliphatic carbocycles. The van der Waals surface area contributed by atoms with E-state index in [-0.39, 0.29) is 10.9 Å². The summed E-state index contributed by atoms with van der Waals surface area (Å²) in [4.78, 5) is 0.147. The summed E-state index contributed by atoms with van der Waals surface area (Å²) in [6, 6.07) is 7.34. The third-order valence-electron chi connectivity index (χ3n) is 3.91. The summed E-state index contributed by atoms with van der Waals surface area (Å²) >= 11 is 0. The van der Waals surface area contributed by atoms with Crippen LogP contribution in [0.25, 0.3) is 0 Å². The number of nitrogens with one attached hydrogen (secondary N) is 1. The second kappa shape index (κ2) is 6.22. The van der Waals surface area contributed by atoms with Crippen LogP contribution < -0.4 is 10.5 Å². The van der Waals surface area contributed by atoms with Gasteiger partial charge in [-0.3, -0.25) is 0 Å². The minimum absolute atomic E-state index is 0.147. The molecule has 1 aromatic rings. The average Bonchev–Trinajstić information content (AvgIpc) is 2.85. The van der Waals surface area contributed by atoms with Crippen molar-refractivity contribution < 1.29 is 13.2 Å². The number of benzene rings is 1. The molecule has 6 heteroatoms. The van der Waals surface area contributed by atoms with Gasteiger partial charge in [0.15, 0.2) is 0 Å². The number of ether oxygens (including phenoxy) is 1. The Morgan fingerprint density at radius 3 is 2.45 bits per heavy atom. The number of nitrogens with two attached hydrogens (primary N) is 1. The van der Waals surface area contributed by atoms with Crippen molar-refractivity contribution >= 4 is 10.0 Å². The first-order valence-electron chi connectivity index (χ1n) is 6.81. The molecular formula is C14H22N2O3S. The number of hydrogen-bond acceptors (Lipinski definition) is 4. The Balaban J connectivity index is 1.98. The first-order chi connectivity index (χ1) is 9.40. The van der Waals surface area contributed by atoms with Crippen LogP contribution in [0, 0.1) is 0 Å². The number of primary sulfonamides is 1. The Labute approximate surface area is 120 Å². The molecular weight excluding hydrogens is 276 g/mol. The Morgan fingerprint density at radius 1 is 1.30 bits per heavy atom. The molecule has 0 bridgehead atoms. The molecule has 0 saturated heterocycles. The molecule has 3 atom stereocenters. The molecule has 1 fully saturated rings. The standard InChI is InChI=1S/C14H22N2O3S/c1-10(16-12-5-6-13(9-12)19-2)11-3-7-14(8-4-11)20(15,17)18/h3-4,7-8,10,12-13,16H,5-6,9H2,1-2H3,(H2,15,17,18). The van der Waals surface area contributed by atoms with Gasteiger partial charge >= 0.3 is 0 Å². The van der Waals surface area contributed by atoms with Gasteiger partial charge in [-0.25, -0.2) is 13.6 Å². The summed E-state index contributed by atoms with van der Waals surface area (Å²) in [5.74, 6) is 0. The average molecular weight is 298 g/mol. The highest BCUT2D eigenvalue weighted by Crippen LogP contribution is 2.24. The van der Waals surface area contributed by atoms with Crippen LogP contribution in [-0.2, 0) is 14.8 Å². The predicted molar refractivity (Wildman–Crippen MR) is 77.8 cm³/mol. The van der Waals surface area contributed by atoms with Gasteiger partial charge in [-0.2, -0.15) is 0 Å². The fourth-order valence-electron chi connectivity index (χ4n) is 2.70. The number of sulfonamides is 1. The predicted octanol–water partition coefficient (Wildman–Crippen LogP) is 1.55. The topological polar surface area (TPSA) is 81.4 Å². The monoisotopic (exact) mass is 298 g/mol. The van der Waals surface area contributed by atoms with Crippen LogP contribution >= 0.6 is 0 Å². The highest BCUT2D eigenvalue weighted by Gasteiger charge is 2.25. The maximum absolute atomic E-state index is 11.2. The molecule has 0 radical (unpaired) electrons. The maximum Gasteiger partial charge on any atom is 0.238 e. The molecule has 3 N–H and O–H groups in total. The van der Waals surface area contributed by atoms with E-state index in [0.29, 0.717) is 12.1 Å². The number of rotatable bonds is 5. The van der Waals surface area contributed by atoms with Crippen LogP contribution in [-0.4, -0.2) is 27.7 Å². The molecule has 3 unspecified atom stereocenters. The van der Waals surface area contributed by atoms with Crippen molar-refractivity contribution in [3.05, 3.63) is 29.8 Å². The second-order valence-electron chi connectivity index (χ2n) is 5.37. The minimum Gasteiger partial charge on any atom is -0.381 e.